The Morgan fingerprint density at radius 2 is 2.12 bits per heavy atom. The molecule has 0 fully saturated rings. The number of benzene rings is 1. The van der Waals surface area contributed by atoms with Crippen LogP contribution in [0.15, 0.2) is 60.0 Å². The van der Waals surface area contributed by atoms with E-state index in [0.717, 1.165) is 4.88 Å². The van der Waals surface area contributed by atoms with Crippen LogP contribution in [0.5, 0.6) is 0 Å². The van der Waals surface area contributed by atoms with Crippen molar-refractivity contribution < 1.29 is 4.79 Å². The van der Waals surface area contributed by atoms with E-state index in [1.54, 1.807) is 23.1 Å². The maximum atomic E-state index is 12.8. The van der Waals surface area contributed by atoms with Gasteiger partial charge in [0, 0.05) is 11.4 Å². The Bertz CT molecular complexity index is 980. The molecule has 128 valence electrons. The first-order valence-corrected chi connectivity index (χ1v) is 8.85. The molecule has 0 atom stereocenters. The number of amides is 1. The Kier molecular flexibility index (Phi) is 5.31. The van der Waals surface area contributed by atoms with E-state index in [2.05, 4.69) is 11.6 Å². The normalized spacial score (nSPS) is 10.8. The van der Waals surface area contributed by atoms with Crippen LogP contribution in [0.25, 0.3) is 11.0 Å². The molecule has 3 aromatic rings. The van der Waals surface area contributed by atoms with Crippen molar-refractivity contribution in [1.82, 2.24) is 14.5 Å². The average Bonchev–Trinajstić information content (AvgIpc) is 3.02. The molecule has 1 amide bonds. The second-order valence-electron chi connectivity index (χ2n) is 5.44. The van der Waals surface area contributed by atoms with Crippen LogP contribution in [0.3, 0.4) is 0 Å². The Morgan fingerprint density at radius 3 is 2.84 bits per heavy atom. The van der Waals surface area contributed by atoms with Crippen LogP contribution in [0.4, 0.5) is 0 Å². The molecule has 0 saturated carbocycles. The van der Waals surface area contributed by atoms with Gasteiger partial charge in [0.25, 0.3) is 5.56 Å². The van der Waals surface area contributed by atoms with Gasteiger partial charge in [-0.3, -0.25) is 14.2 Å². The molecule has 5 nitrogen and oxygen atoms in total. The van der Waals surface area contributed by atoms with Crippen molar-refractivity contribution >= 4 is 39.9 Å². The Hall–Kier alpha value is -2.44. The fourth-order valence-corrected chi connectivity index (χ4v) is 3.65. The lowest BCUT2D eigenvalue weighted by Crippen LogP contribution is -2.36. The van der Waals surface area contributed by atoms with Crippen LogP contribution < -0.4 is 5.56 Å². The minimum absolute atomic E-state index is 0.0468. The van der Waals surface area contributed by atoms with Gasteiger partial charge in [-0.2, -0.15) is 0 Å². The maximum absolute atomic E-state index is 12.8. The molecule has 0 aliphatic carbocycles. The zero-order chi connectivity index (χ0) is 17.8. The van der Waals surface area contributed by atoms with E-state index < -0.39 is 0 Å². The van der Waals surface area contributed by atoms with Gasteiger partial charge in [-0.25, -0.2) is 4.98 Å². The van der Waals surface area contributed by atoms with Gasteiger partial charge in [-0.15, -0.1) is 17.9 Å². The smallest absolute Gasteiger partial charge is 0.269 e. The fourth-order valence-electron chi connectivity index (χ4n) is 2.55. The van der Waals surface area contributed by atoms with Gasteiger partial charge in [-0.05, 0) is 24.3 Å². The van der Waals surface area contributed by atoms with Crippen LogP contribution in [0.1, 0.15) is 4.88 Å². The topological polar surface area (TPSA) is 55.2 Å². The van der Waals surface area contributed by atoms with Crippen LogP contribution in [-0.4, -0.2) is 26.9 Å². The van der Waals surface area contributed by atoms with E-state index in [9.17, 15) is 9.59 Å². The molecule has 0 spiro atoms. The molecule has 0 saturated heterocycles. The third-order valence-corrected chi connectivity index (χ3v) is 4.94. The zero-order valence-corrected chi connectivity index (χ0v) is 15.0. The van der Waals surface area contributed by atoms with Gasteiger partial charge in [-0.1, -0.05) is 29.8 Å². The van der Waals surface area contributed by atoms with Gasteiger partial charge >= 0.3 is 0 Å². The molecule has 0 aliphatic rings. The first-order chi connectivity index (χ1) is 12.1. The fraction of sp³-hybridized carbons (Fsp3) is 0.167. The summed E-state index contributed by atoms with van der Waals surface area (Å²) in [6, 6.07) is 11.0. The second kappa shape index (κ2) is 7.63. The van der Waals surface area contributed by atoms with Crippen molar-refractivity contribution in [3.05, 3.63) is 74.8 Å². The molecule has 3 rings (SSSR count). The van der Waals surface area contributed by atoms with Gasteiger partial charge in [0.1, 0.15) is 6.54 Å². The first kappa shape index (κ1) is 17.4. The van der Waals surface area contributed by atoms with Crippen molar-refractivity contribution in [2.75, 3.05) is 6.54 Å². The quantitative estimate of drug-likeness (QED) is 0.623. The number of carbonyl (C=O) groups is 1. The third kappa shape index (κ3) is 3.97. The number of thiophene rings is 1. The molecule has 2 aromatic heterocycles. The number of aromatic nitrogens is 2. The number of carbonyl (C=O) groups excluding carboxylic acids is 1. The van der Waals surface area contributed by atoms with E-state index in [-0.39, 0.29) is 18.0 Å². The second-order valence-corrected chi connectivity index (χ2v) is 7.24. The highest BCUT2D eigenvalue weighted by Crippen LogP contribution is 2.23. The number of halogens is 1. The van der Waals surface area contributed by atoms with Crippen molar-refractivity contribution in [2.45, 2.75) is 13.1 Å². The number of rotatable bonds is 6. The highest BCUT2D eigenvalue weighted by atomic mass is 35.5. The van der Waals surface area contributed by atoms with E-state index in [4.69, 9.17) is 11.6 Å². The van der Waals surface area contributed by atoms with E-state index in [1.165, 1.54) is 22.1 Å². The van der Waals surface area contributed by atoms with Crippen molar-refractivity contribution in [3.63, 3.8) is 0 Å². The minimum atomic E-state index is -0.301. The third-order valence-electron chi connectivity index (χ3n) is 3.72. The Morgan fingerprint density at radius 1 is 1.32 bits per heavy atom. The van der Waals surface area contributed by atoms with Crippen LogP contribution in [0.2, 0.25) is 4.34 Å². The van der Waals surface area contributed by atoms with E-state index in [0.29, 0.717) is 28.5 Å². The summed E-state index contributed by atoms with van der Waals surface area (Å²) < 4.78 is 2.12. The summed E-state index contributed by atoms with van der Waals surface area (Å²) >= 11 is 7.39. The molecule has 0 N–H and O–H groups in total. The summed E-state index contributed by atoms with van der Waals surface area (Å²) in [5.74, 6) is -0.164. The predicted octanol–water partition coefficient (Wildman–Crippen LogP) is 3.33. The van der Waals surface area contributed by atoms with Crippen molar-refractivity contribution in [2.24, 2.45) is 0 Å². The number of hydrogen-bond acceptors (Lipinski definition) is 4. The Balaban J connectivity index is 1.87. The van der Waals surface area contributed by atoms with Gasteiger partial charge < -0.3 is 4.90 Å². The Labute approximate surface area is 153 Å². The van der Waals surface area contributed by atoms with Crippen molar-refractivity contribution in [1.29, 1.82) is 0 Å². The van der Waals surface area contributed by atoms with Crippen LogP contribution in [0, 0.1) is 0 Å². The van der Waals surface area contributed by atoms with Crippen LogP contribution in [-0.2, 0) is 17.9 Å². The average molecular weight is 374 g/mol. The summed E-state index contributed by atoms with van der Waals surface area (Å²) in [5.41, 5.74) is 1.01. The highest BCUT2D eigenvalue weighted by molar-refractivity contribution is 7.16. The van der Waals surface area contributed by atoms with Gasteiger partial charge in [0.15, 0.2) is 0 Å². The zero-order valence-electron chi connectivity index (χ0n) is 13.4. The molecule has 1 aromatic carbocycles. The molecule has 0 bridgehead atoms. The first-order valence-electron chi connectivity index (χ1n) is 7.66. The van der Waals surface area contributed by atoms with Crippen LogP contribution >= 0.6 is 22.9 Å². The summed E-state index contributed by atoms with van der Waals surface area (Å²) in [4.78, 5) is 31.7. The number of fused-ring (bicyclic) bond motifs is 1. The molecule has 0 aliphatic heterocycles. The maximum Gasteiger partial charge on any atom is 0.269 e. The molecule has 2 heterocycles. The summed E-state index contributed by atoms with van der Waals surface area (Å²) in [5, 5.41) is 0. The number of hydrogen-bond donors (Lipinski definition) is 0. The lowest BCUT2D eigenvalue weighted by atomic mass is 10.3. The molecule has 0 radical (unpaired) electrons. The van der Waals surface area contributed by atoms with E-state index in [1.807, 2.05) is 24.3 Å². The summed E-state index contributed by atoms with van der Waals surface area (Å²) in [7, 11) is 0. The highest BCUT2D eigenvalue weighted by Gasteiger charge is 2.16. The minimum Gasteiger partial charge on any atom is -0.332 e. The molecule has 25 heavy (non-hydrogen) atoms. The SMILES string of the molecule is C=CCN(Cc1ccc(Cl)s1)C(=O)Cn1c(=O)cnc2ccccc21. The van der Waals surface area contributed by atoms with Gasteiger partial charge in [0.2, 0.25) is 5.91 Å². The summed E-state index contributed by atoms with van der Waals surface area (Å²) in [6.07, 6.45) is 2.91. The van der Waals surface area contributed by atoms with Gasteiger partial charge in [0.05, 0.1) is 28.1 Å². The summed E-state index contributed by atoms with van der Waals surface area (Å²) in [6.45, 7) is 4.49. The number of para-hydroxylation sites is 2. The van der Waals surface area contributed by atoms with Crippen molar-refractivity contribution in [3.8, 4) is 0 Å². The molecular formula is C18H16ClN3O2S. The monoisotopic (exact) mass is 373 g/mol. The standard InChI is InChI=1S/C18H16ClN3O2S/c1-2-9-21(11-13-7-8-16(19)25-13)18(24)12-22-15-6-4-3-5-14(15)20-10-17(22)23/h2-8,10H,1,9,11-12H2. The predicted molar refractivity (Wildman–Crippen MR) is 101 cm³/mol. The molecule has 0 unspecified atom stereocenters. The molecule has 7 heteroatoms. The lowest BCUT2D eigenvalue weighted by Gasteiger charge is -2.21. The number of nitrogens with zero attached hydrogens (tertiary/aromatic N) is 3. The van der Waals surface area contributed by atoms with E-state index >= 15 is 0 Å². The molecular weight excluding hydrogens is 358 g/mol. The largest absolute Gasteiger partial charge is 0.332 e. The lowest BCUT2D eigenvalue weighted by molar-refractivity contribution is -0.131.